The van der Waals surface area contributed by atoms with Gasteiger partial charge in [-0.05, 0) is 36.5 Å². The molecular formula is C10H19N. The second-order valence-corrected chi connectivity index (χ2v) is 4.61. The summed E-state index contributed by atoms with van der Waals surface area (Å²) in [7, 11) is 0. The van der Waals surface area contributed by atoms with Crippen molar-refractivity contribution < 1.29 is 0 Å². The third-order valence-corrected chi connectivity index (χ3v) is 3.74. The van der Waals surface area contributed by atoms with Crippen LogP contribution in [-0.4, -0.2) is 6.04 Å². The van der Waals surface area contributed by atoms with Crippen LogP contribution in [-0.2, 0) is 0 Å². The first-order valence-electron chi connectivity index (χ1n) is 4.96. The van der Waals surface area contributed by atoms with Gasteiger partial charge in [-0.15, -0.1) is 0 Å². The lowest BCUT2D eigenvalue weighted by Gasteiger charge is -2.13. The average Bonchev–Trinajstić information content (AvgIpc) is 2.77. The van der Waals surface area contributed by atoms with Crippen LogP contribution in [0.1, 0.15) is 39.5 Å². The lowest BCUT2D eigenvalue weighted by atomic mass is 9.92. The normalized spacial score (nSPS) is 54.3. The van der Waals surface area contributed by atoms with Gasteiger partial charge in [0.05, 0.1) is 0 Å². The van der Waals surface area contributed by atoms with Crippen LogP contribution < -0.4 is 5.73 Å². The predicted molar refractivity (Wildman–Crippen MR) is 47.2 cm³/mol. The van der Waals surface area contributed by atoms with Crippen molar-refractivity contribution in [2.75, 3.05) is 0 Å². The molecule has 0 aliphatic heterocycles. The number of hydrogen-bond donors (Lipinski definition) is 1. The minimum atomic E-state index is 0.553. The first kappa shape index (κ1) is 7.60. The van der Waals surface area contributed by atoms with Crippen molar-refractivity contribution in [2.24, 2.45) is 23.0 Å². The van der Waals surface area contributed by atoms with Crippen molar-refractivity contribution in [3.63, 3.8) is 0 Å². The van der Waals surface area contributed by atoms with Crippen LogP contribution >= 0.6 is 0 Å². The van der Waals surface area contributed by atoms with E-state index in [2.05, 4.69) is 13.8 Å². The molecular weight excluding hydrogens is 134 g/mol. The smallest absolute Gasteiger partial charge is 0.0105 e. The molecule has 0 saturated heterocycles. The molecule has 1 heteroatoms. The van der Waals surface area contributed by atoms with Gasteiger partial charge in [0.1, 0.15) is 0 Å². The lowest BCUT2D eigenvalue weighted by Crippen LogP contribution is -2.16. The summed E-state index contributed by atoms with van der Waals surface area (Å²) >= 11 is 0. The molecule has 0 amide bonds. The third-order valence-electron chi connectivity index (χ3n) is 3.74. The van der Waals surface area contributed by atoms with Gasteiger partial charge in [-0.25, -0.2) is 0 Å². The molecule has 2 N–H and O–H groups in total. The second-order valence-electron chi connectivity index (χ2n) is 4.61. The van der Waals surface area contributed by atoms with E-state index in [1.54, 1.807) is 0 Å². The van der Waals surface area contributed by atoms with E-state index < -0.39 is 0 Å². The Bertz CT molecular complexity index is 166. The van der Waals surface area contributed by atoms with Crippen LogP contribution in [0.4, 0.5) is 0 Å². The molecule has 1 nitrogen and oxygen atoms in total. The lowest BCUT2D eigenvalue weighted by molar-refractivity contribution is 0.367. The summed E-state index contributed by atoms with van der Waals surface area (Å²) in [5, 5.41) is 0. The van der Waals surface area contributed by atoms with E-state index in [1.165, 1.54) is 25.7 Å². The zero-order chi connectivity index (χ0) is 8.06. The molecule has 0 aromatic carbocycles. The van der Waals surface area contributed by atoms with Crippen molar-refractivity contribution in [2.45, 2.75) is 45.6 Å². The standard InChI is InChI=1S/C10H19N/c1-3-4-10(6-9(10)11)8-5-7(8)2/h7-9H,3-6,11H2,1-2H3. The minimum Gasteiger partial charge on any atom is -0.327 e. The quantitative estimate of drug-likeness (QED) is 0.660. The SMILES string of the molecule is CCCC1(C2CC2C)CC1N. The zero-order valence-electron chi connectivity index (χ0n) is 7.64. The van der Waals surface area contributed by atoms with Crippen LogP contribution in [0.2, 0.25) is 0 Å². The van der Waals surface area contributed by atoms with Gasteiger partial charge in [-0.3, -0.25) is 0 Å². The van der Waals surface area contributed by atoms with E-state index in [-0.39, 0.29) is 0 Å². The largest absolute Gasteiger partial charge is 0.327 e. The molecule has 2 saturated carbocycles. The number of hydrogen-bond acceptors (Lipinski definition) is 1. The molecule has 0 radical (unpaired) electrons. The van der Waals surface area contributed by atoms with E-state index in [4.69, 9.17) is 5.73 Å². The minimum absolute atomic E-state index is 0.553. The second kappa shape index (κ2) is 2.22. The van der Waals surface area contributed by atoms with Gasteiger partial charge in [0.25, 0.3) is 0 Å². The topological polar surface area (TPSA) is 26.0 Å². The van der Waals surface area contributed by atoms with Crippen molar-refractivity contribution >= 4 is 0 Å². The summed E-state index contributed by atoms with van der Waals surface area (Å²) in [5.74, 6) is 1.98. The van der Waals surface area contributed by atoms with Crippen molar-refractivity contribution in [3.05, 3.63) is 0 Å². The number of rotatable bonds is 3. The summed E-state index contributed by atoms with van der Waals surface area (Å²) in [5.41, 5.74) is 6.61. The van der Waals surface area contributed by atoms with Crippen LogP contribution in [0.5, 0.6) is 0 Å². The Hall–Kier alpha value is -0.0400. The Morgan fingerprint density at radius 3 is 2.36 bits per heavy atom. The highest BCUT2D eigenvalue weighted by molar-refractivity contribution is 5.14. The molecule has 2 aliphatic carbocycles. The Kier molecular flexibility index (Phi) is 1.54. The molecule has 0 spiro atoms. The summed E-state index contributed by atoms with van der Waals surface area (Å²) in [6.07, 6.45) is 5.46. The van der Waals surface area contributed by atoms with Crippen molar-refractivity contribution in [1.82, 2.24) is 0 Å². The molecule has 64 valence electrons. The highest BCUT2D eigenvalue weighted by Crippen LogP contribution is 2.65. The molecule has 4 unspecified atom stereocenters. The number of nitrogens with two attached hydrogens (primary N) is 1. The van der Waals surface area contributed by atoms with Crippen LogP contribution in [0.15, 0.2) is 0 Å². The molecule has 2 aliphatic rings. The molecule has 0 aromatic heterocycles. The van der Waals surface area contributed by atoms with E-state index in [1.807, 2.05) is 0 Å². The summed E-state index contributed by atoms with van der Waals surface area (Å²) in [6, 6.07) is 0.553. The van der Waals surface area contributed by atoms with Gasteiger partial charge >= 0.3 is 0 Å². The molecule has 0 aromatic rings. The highest BCUT2D eigenvalue weighted by atomic mass is 14.8. The van der Waals surface area contributed by atoms with E-state index in [9.17, 15) is 0 Å². The highest BCUT2D eigenvalue weighted by Gasteiger charge is 2.62. The first-order chi connectivity index (χ1) is 5.20. The van der Waals surface area contributed by atoms with Crippen molar-refractivity contribution in [3.8, 4) is 0 Å². The van der Waals surface area contributed by atoms with E-state index in [0.29, 0.717) is 11.5 Å². The molecule has 2 rings (SSSR count). The van der Waals surface area contributed by atoms with Crippen LogP contribution in [0.25, 0.3) is 0 Å². The molecule has 2 fully saturated rings. The maximum absolute atomic E-state index is 5.99. The van der Waals surface area contributed by atoms with Crippen molar-refractivity contribution in [1.29, 1.82) is 0 Å². The van der Waals surface area contributed by atoms with Gasteiger partial charge in [-0.2, -0.15) is 0 Å². The van der Waals surface area contributed by atoms with Crippen LogP contribution in [0, 0.1) is 17.3 Å². The maximum Gasteiger partial charge on any atom is 0.0105 e. The van der Waals surface area contributed by atoms with Crippen LogP contribution in [0.3, 0.4) is 0 Å². The van der Waals surface area contributed by atoms with E-state index in [0.717, 1.165) is 11.8 Å². The zero-order valence-corrected chi connectivity index (χ0v) is 7.64. The Balaban J connectivity index is 1.96. The van der Waals surface area contributed by atoms with Gasteiger partial charge in [-0.1, -0.05) is 20.3 Å². The molecule has 11 heavy (non-hydrogen) atoms. The molecule has 4 atom stereocenters. The fourth-order valence-corrected chi connectivity index (χ4v) is 2.84. The van der Waals surface area contributed by atoms with Gasteiger partial charge in [0.2, 0.25) is 0 Å². The fourth-order valence-electron chi connectivity index (χ4n) is 2.84. The first-order valence-corrected chi connectivity index (χ1v) is 4.96. The average molecular weight is 153 g/mol. The third kappa shape index (κ3) is 1.01. The van der Waals surface area contributed by atoms with E-state index >= 15 is 0 Å². The van der Waals surface area contributed by atoms with Gasteiger partial charge < -0.3 is 5.73 Å². The predicted octanol–water partition coefficient (Wildman–Crippen LogP) is 2.16. The van der Waals surface area contributed by atoms with Gasteiger partial charge in [0.15, 0.2) is 0 Å². The Labute approximate surface area is 69.4 Å². The Morgan fingerprint density at radius 1 is 1.55 bits per heavy atom. The maximum atomic E-state index is 5.99. The molecule has 0 heterocycles. The molecule has 0 bridgehead atoms. The van der Waals surface area contributed by atoms with Gasteiger partial charge in [0, 0.05) is 6.04 Å². The Morgan fingerprint density at radius 2 is 2.09 bits per heavy atom. The summed E-state index contributed by atoms with van der Waals surface area (Å²) < 4.78 is 0. The summed E-state index contributed by atoms with van der Waals surface area (Å²) in [4.78, 5) is 0. The fraction of sp³-hybridized carbons (Fsp3) is 1.00. The summed E-state index contributed by atoms with van der Waals surface area (Å²) in [6.45, 7) is 4.65. The monoisotopic (exact) mass is 153 g/mol.